The molecule has 1 atom stereocenters. The van der Waals surface area contributed by atoms with Crippen molar-refractivity contribution in [3.8, 4) is 0 Å². The van der Waals surface area contributed by atoms with E-state index in [1.165, 1.54) is 22.3 Å². The Bertz CT molecular complexity index is 1210. The van der Waals surface area contributed by atoms with E-state index < -0.39 is 10.0 Å². The number of nitrogens with zero attached hydrogens (tertiary/aromatic N) is 2. The summed E-state index contributed by atoms with van der Waals surface area (Å²) in [5.74, 6) is -0.0227. The number of H-pyrrole nitrogens is 1. The van der Waals surface area contributed by atoms with Gasteiger partial charge in [0.25, 0.3) is 0 Å². The summed E-state index contributed by atoms with van der Waals surface area (Å²) in [6.07, 6.45) is 2.75. The van der Waals surface area contributed by atoms with Gasteiger partial charge in [-0.1, -0.05) is 18.2 Å². The Morgan fingerprint density at radius 2 is 1.91 bits per heavy atom. The van der Waals surface area contributed by atoms with E-state index in [9.17, 15) is 13.2 Å². The van der Waals surface area contributed by atoms with Crippen molar-refractivity contribution in [1.82, 2.24) is 19.5 Å². The minimum Gasteiger partial charge on any atom is -0.361 e. The van der Waals surface area contributed by atoms with Crippen LogP contribution in [0, 0.1) is 13.8 Å². The number of rotatable bonds is 7. The number of aromatic nitrogens is 1. The second-order valence-corrected chi connectivity index (χ2v) is 11.7. The summed E-state index contributed by atoms with van der Waals surface area (Å²) in [7, 11) is -3.48. The monoisotopic (exact) mass is 474 g/mol. The van der Waals surface area contributed by atoms with E-state index in [2.05, 4.69) is 21.3 Å². The van der Waals surface area contributed by atoms with Crippen molar-refractivity contribution < 1.29 is 13.2 Å². The molecule has 172 valence electrons. The average molecular weight is 475 g/mol. The fourth-order valence-electron chi connectivity index (χ4n) is 4.31. The number of carbonyl (C=O) groups is 1. The van der Waals surface area contributed by atoms with Gasteiger partial charge in [-0.25, -0.2) is 8.42 Å². The smallest absolute Gasteiger partial charge is 0.244 e. The Kier molecular flexibility index (Phi) is 6.71. The van der Waals surface area contributed by atoms with Crippen molar-refractivity contribution in [3.05, 3.63) is 51.8 Å². The van der Waals surface area contributed by atoms with Crippen LogP contribution in [0.4, 0.5) is 0 Å². The van der Waals surface area contributed by atoms with E-state index >= 15 is 0 Å². The molecule has 2 N–H and O–H groups in total. The number of hydrogen-bond acceptors (Lipinski definition) is 5. The maximum Gasteiger partial charge on any atom is 0.244 e. The number of aromatic amines is 1. The molecule has 0 spiro atoms. The molecule has 0 saturated carbocycles. The SMILES string of the molecule is Cc1cc(S(=O)(=O)N2CCN(C(C)C(=O)NCCc3c[nH]c4ccccc34)CC2)c(C)s1. The van der Waals surface area contributed by atoms with Crippen LogP contribution in [0.5, 0.6) is 0 Å². The van der Waals surface area contributed by atoms with Crippen LogP contribution >= 0.6 is 11.3 Å². The number of carbonyl (C=O) groups excluding carboxylic acids is 1. The van der Waals surface area contributed by atoms with Crippen molar-refractivity contribution in [1.29, 1.82) is 0 Å². The van der Waals surface area contributed by atoms with E-state index in [4.69, 9.17) is 0 Å². The summed E-state index contributed by atoms with van der Waals surface area (Å²) in [5, 5.41) is 4.22. The highest BCUT2D eigenvalue weighted by Crippen LogP contribution is 2.28. The molecular formula is C23H30N4O3S2. The lowest BCUT2D eigenvalue weighted by atomic mass is 10.1. The quantitative estimate of drug-likeness (QED) is 0.551. The van der Waals surface area contributed by atoms with Crippen molar-refractivity contribution in [3.63, 3.8) is 0 Å². The molecule has 4 rings (SSSR count). The highest BCUT2D eigenvalue weighted by molar-refractivity contribution is 7.89. The number of fused-ring (bicyclic) bond motifs is 1. The largest absolute Gasteiger partial charge is 0.361 e. The standard InChI is InChI=1S/C23H30N4O3S2/c1-16-14-22(18(3)31-16)32(29,30)27-12-10-26(11-13-27)17(2)23(28)24-9-8-19-15-25-21-7-5-4-6-20(19)21/h4-7,14-15,17,25H,8-13H2,1-3H3,(H,24,28). The van der Waals surface area contributed by atoms with Crippen LogP contribution in [-0.4, -0.2) is 67.3 Å². The van der Waals surface area contributed by atoms with Crippen LogP contribution in [0.2, 0.25) is 0 Å². The highest BCUT2D eigenvalue weighted by Gasteiger charge is 2.33. The Balaban J connectivity index is 1.28. The molecule has 1 aliphatic heterocycles. The lowest BCUT2D eigenvalue weighted by molar-refractivity contribution is -0.126. The number of benzene rings is 1. The number of sulfonamides is 1. The fourth-order valence-corrected chi connectivity index (χ4v) is 7.25. The maximum absolute atomic E-state index is 13.0. The summed E-state index contributed by atoms with van der Waals surface area (Å²) in [5.41, 5.74) is 2.29. The minimum atomic E-state index is -3.48. The van der Waals surface area contributed by atoms with E-state index in [0.717, 1.165) is 21.7 Å². The molecule has 3 aromatic rings. The topological polar surface area (TPSA) is 85.5 Å². The van der Waals surface area contributed by atoms with Crippen LogP contribution in [-0.2, 0) is 21.2 Å². The maximum atomic E-state index is 13.0. The van der Waals surface area contributed by atoms with Gasteiger partial charge in [-0.15, -0.1) is 11.3 Å². The molecule has 0 radical (unpaired) electrons. The fraction of sp³-hybridized carbons (Fsp3) is 0.435. The first kappa shape index (κ1) is 23.0. The summed E-state index contributed by atoms with van der Waals surface area (Å²) in [4.78, 5) is 20.2. The van der Waals surface area contributed by atoms with Crippen LogP contribution in [0.15, 0.2) is 41.4 Å². The number of para-hydroxylation sites is 1. The van der Waals surface area contributed by atoms with Crippen LogP contribution in [0.25, 0.3) is 10.9 Å². The van der Waals surface area contributed by atoms with Crippen molar-refractivity contribution >= 4 is 38.2 Å². The summed E-state index contributed by atoms with van der Waals surface area (Å²) in [6, 6.07) is 9.60. The molecule has 1 aromatic carbocycles. The number of thiophene rings is 1. The van der Waals surface area contributed by atoms with Gasteiger partial charge in [0.05, 0.1) is 10.9 Å². The van der Waals surface area contributed by atoms with Gasteiger partial charge >= 0.3 is 0 Å². The molecule has 1 saturated heterocycles. The molecule has 9 heteroatoms. The highest BCUT2D eigenvalue weighted by atomic mass is 32.2. The zero-order valence-electron chi connectivity index (χ0n) is 18.7. The van der Waals surface area contributed by atoms with Gasteiger partial charge in [-0.3, -0.25) is 9.69 Å². The van der Waals surface area contributed by atoms with Gasteiger partial charge in [0, 0.05) is 59.6 Å². The predicted molar refractivity (Wildman–Crippen MR) is 129 cm³/mol. The summed E-state index contributed by atoms with van der Waals surface area (Å²) in [6.45, 7) is 8.09. The number of hydrogen-bond donors (Lipinski definition) is 2. The average Bonchev–Trinajstić information content (AvgIpc) is 3.36. The Morgan fingerprint density at radius 3 is 2.59 bits per heavy atom. The second kappa shape index (κ2) is 9.35. The molecule has 1 amide bonds. The van der Waals surface area contributed by atoms with E-state index in [1.807, 2.05) is 45.2 Å². The van der Waals surface area contributed by atoms with Crippen LogP contribution in [0.3, 0.4) is 0 Å². The molecule has 1 fully saturated rings. The molecule has 7 nitrogen and oxygen atoms in total. The summed E-state index contributed by atoms with van der Waals surface area (Å²) < 4.78 is 27.6. The van der Waals surface area contributed by atoms with Gasteiger partial charge in [-0.05, 0) is 44.9 Å². The lowest BCUT2D eigenvalue weighted by Gasteiger charge is -2.36. The molecule has 2 aromatic heterocycles. The molecule has 32 heavy (non-hydrogen) atoms. The van der Waals surface area contributed by atoms with Crippen molar-refractivity contribution in [2.75, 3.05) is 32.7 Å². The Hall–Kier alpha value is -2.20. The van der Waals surface area contributed by atoms with Gasteiger partial charge in [0.15, 0.2) is 0 Å². The lowest BCUT2D eigenvalue weighted by Crippen LogP contribution is -2.55. The first-order chi connectivity index (χ1) is 15.3. The predicted octanol–water partition coefficient (Wildman–Crippen LogP) is 2.90. The van der Waals surface area contributed by atoms with Crippen LogP contribution < -0.4 is 5.32 Å². The Labute approximate surface area is 193 Å². The zero-order valence-corrected chi connectivity index (χ0v) is 20.4. The molecule has 3 heterocycles. The van der Waals surface area contributed by atoms with E-state index in [0.29, 0.717) is 37.6 Å². The number of amides is 1. The van der Waals surface area contributed by atoms with Crippen LogP contribution in [0.1, 0.15) is 22.2 Å². The Morgan fingerprint density at radius 1 is 1.19 bits per heavy atom. The third-order valence-electron chi connectivity index (χ3n) is 6.18. The number of nitrogens with one attached hydrogen (secondary N) is 2. The number of aryl methyl sites for hydroxylation is 2. The normalized spacial score (nSPS) is 17.0. The van der Waals surface area contributed by atoms with Crippen molar-refractivity contribution in [2.45, 2.75) is 38.1 Å². The molecule has 1 aliphatic rings. The molecule has 0 aliphatic carbocycles. The third-order valence-corrected chi connectivity index (χ3v) is 9.30. The minimum absolute atomic E-state index is 0.0227. The van der Waals surface area contributed by atoms with Gasteiger partial charge in [0.1, 0.15) is 0 Å². The molecule has 1 unspecified atom stereocenters. The number of piperazine rings is 1. The molecule has 0 bridgehead atoms. The zero-order chi connectivity index (χ0) is 22.9. The van der Waals surface area contributed by atoms with Crippen molar-refractivity contribution in [2.24, 2.45) is 0 Å². The molecular weight excluding hydrogens is 444 g/mol. The van der Waals surface area contributed by atoms with Gasteiger partial charge in [0.2, 0.25) is 15.9 Å². The van der Waals surface area contributed by atoms with E-state index in [1.54, 1.807) is 10.4 Å². The second-order valence-electron chi connectivity index (χ2n) is 8.29. The van der Waals surface area contributed by atoms with Gasteiger partial charge < -0.3 is 10.3 Å². The van der Waals surface area contributed by atoms with E-state index in [-0.39, 0.29) is 11.9 Å². The summed E-state index contributed by atoms with van der Waals surface area (Å²) >= 11 is 1.51. The van der Waals surface area contributed by atoms with Gasteiger partial charge in [-0.2, -0.15) is 4.31 Å². The first-order valence-corrected chi connectivity index (χ1v) is 13.2. The first-order valence-electron chi connectivity index (χ1n) is 10.9. The third kappa shape index (κ3) is 4.61.